The molecule has 2 aromatic rings. The van der Waals surface area contributed by atoms with E-state index in [1.807, 2.05) is 24.5 Å². The molecule has 3 rings (SSSR count). The van der Waals surface area contributed by atoms with Crippen LogP contribution in [0.3, 0.4) is 0 Å². The summed E-state index contributed by atoms with van der Waals surface area (Å²) in [7, 11) is 1.76. The van der Waals surface area contributed by atoms with E-state index in [1.54, 1.807) is 7.11 Å². The lowest BCUT2D eigenvalue weighted by Crippen LogP contribution is -2.38. The van der Waals surface area contributed by atoms with Crippen LogP contribution >= 0.6 is 0 Å². The molecular formula is C15H19N3O. The van der Waals surface area contributed by atoms with E-state index >= 15 is 0 Å². The highest BCUT2D eigenvalue weighted by Gasteiger charge is 2.37. The van der Waals surface area contributed by atoms with Crippen LogP contribution in [0.4, 0.5) is 0 Å². The number of ether oxygens (including phenoxy) is 1. The average Bonchev–Trinajstić information content (AvgIpc) is 3.29. The summed E-state index contributed by atoms with van der Waals surface area (Å²) in [5, 5.41) is 2.31. The number of nitrogens with zero attached hydrogens (tertiary/aromatic N) is 1. The molecule has 100 valence electrons. The number of nitrogens with one attached hydrogen (secondary N) is 1. The number of pyridine rings is 1. The van der Waals surface area contributed by atoms with Gasteiger partial charge in [-0.25, -0.2) is 0 Å². The molecule has 1 heterocycles. The topological polar surface area (TPSA) is 60.2 Å². The lowest BCUT2D eigenvalue weighted by molar-refractivity contribution is 0.0511. The average molecular weight is 257 g/mol. The van der Waals surface area contributed by atoms with Gasteiger partial charge in [0, 0.05) is 24.9 Å². The first-order valence-corrected chi connectivity index (χ1v) is 6.66. The zero-order valence-electron chi connectivity index (χ0n) is 11.0. The maximum absolute atomic E-state index is 5.79. The quantitative estimate of drug-likeness (QED) is 0.636. The molecule has 2 atom stereocenters. The maximum atomic E-state index is 5.79. The van der Waals surface area contributed by atoms with Gasteiger partial charge in [0.25, 0.3) is 0 Å². The van der Waals surface area contributed by atoms with Crippen molar-refractivity contribution in [2.24, 2.45) is 11.8 Å². The van der Waals surface area contributed by atoms with Crippen LogP contribution in [0.1, 0.15) is 24.4 Å². The minimum absolute atomic E-state index is 0.0172. The SMILES string of the molecule is COC(C1CC1)C(NN)c1cccc2cnccc12. The molecule has 1 aromatic heterocycles. The van der Waals surface area contributed by atoms with E-state index < -0.39 is 0 Å². The van der Waals surface area contributed by atoms with E-state index in [0.29, 0.717) is 5.92 Å². The molecule has 1 aromatic carbocycles. The van der Waals surface area contributed by atoms with Gasteiger partial charge in [0.2, 0.25) is 0 Å². The molecule has 4 heteroatoms. The Morgan fingerprint density at radius 3 is 2.89 bits per heavy atom. The fourth-order valence-corrected chi connectivity index (χ4v) is 2.81. The fourth-order valence-electron chi connectivity index (χ4n) is 2.81. The second-order valence-electron chi connectivity index (χ2n) is 5.13. The monoisotopic (exact) mass is 257 g/mol. The molecule has 1 aliphatic rings. The highest BCUT2D eigenvalue weighted by atomic mass is 16.5. The Kier molecular flexibility index (Phi) is 3.46. The van der Waals surface area contributed by atoms with Crippen LogP contribution in [0, 0.1) is 5.92 Å². The van der Waals surface area contributed by atoms with Crippen LogP contribution in [-0.4, -0.2) is 18.2 Å². The van der Waals surface area contributed by atoms with E-state index in [1.165, 1.54) is 23.8 Å². The van der Waals surface area contributed by atoms with E-state index in [0.717, 1.165) is 5.39 Å². The summed E-state index contributed by atoms with van der Waals surface area (Å²) in [6, 6.07) is 8.28. The number of hydrogen-bond acceptors (Lipinski definition) is 4. The molecule has 4 nitrogen and oxygen atoms in total. The molecular weight excluding hydrogens is 238 g/mol. The summed E-state index contributed by atoms with van der Waals surface area (Å²) in [6.45, 7) is 0. The molecule has 2 unspecified atom stereocenters. The van der Waals surface area contributed by atoms with Crippen molar-refractivity contribution >= 4 is 10.8 Å². The first-order valence-electron chi connectivity index (χ1n) is 6.66. The number of hydrogen-bond donors (Lipinski definition) is 2. The molecule has 1 saturated carbocycles. The first kappa shape index (κ1) is 12.5. The molecule has 3 N–H and O–H groups in total. The van der Waals surface area contributed by atoms with Gasteiger partial charge in [0.15, 0.2) is 0 Å². The zero-order valence-corrected chi connectivity index (χ0v) is 11.0. The molecule has 0 aliphatic heterocycles. The van der Waals surface area contributed by atoms with E-state index in [2.05, 4.69) is 22.5 Å². The Hall–Kier alpha value is -1.49. The highest BCUT2D eigenvalue weighted by molar-refractivity contribution is 5.85. The fraction of sp³-hybridized carbons (Fsp3) is 0.400. The van der Waals surface area contributed by atoms with Crippen LogP contribution in [0.2, 0.25) is 0 Å². The maximum Gasteiger partial charge on any atom is 0.0807 e. The van der Waals surface area contributed by atoms with Gasteiger partial charge in [-0.15, -0.1) is 0 Å². The summed E-state index contributed by atoms with van der Waals surface area (Å²) in [5.74, 6) is 6.41. The third-order valence-electron chi connectivity index (χ3n) is 3.92. The van der Waals surface area contributed by atoms with Crippen LogP contribution in [0.15, 0.2) is 36.7 Å². The third-order valence-corrected chi connectivity index (χ3v) is 3.92. The van der Waals surface area contributed by atoms with Crippen molar-refractivity contribution in [3.63, 3.8) is 0 Å². The van der Waals surface area contributed by atoms with Crippen LogP contribution in [0.25, 0.3) is 10.8 Å². The van der Waals surface area contributed by atoms with Crippen LogP contribution in [-0.2, 0) is 4.74 Å². The minimum Gasteiger partial charge on any atom is -0.379 e. The lowest BCUT2D eigenvalue weighted by atomic mass is 9.94. The third kappa shape index (κ3) is 2.34. The van der Waals surface area contributed by atoms with Crippen molar-refractivity contribution in [1.82, 2.24) is 10.4 Å². The van der Waals surface area contributed by atoms with Gasteiger partial charge in [-0.05, 0) is 35.8 Å². The van der Waals surface area contributed by atoms with E-state index in [4.69, 9.17) is 10.6 Å². The number of benzene rings is 1. The second kappa shape index (κ2) is 5.25. The number of rotatable bonds is 5. The molecule has 1 fully saturated rings. The second-order valence-corrected chi connectivity index (χ2v) is 5.13. The summed E-state index contributed by atoms with van der Waals surface area (Å²) in [5.41, 5.74) is 4.12. The Labute approximate surface area is 112 Å². The summed E-state index contributed by atoms with van der Waals surface area (Å²) < 4.78 is 5.67. The minimum atomic E-state index is 0.0172. The number of fused-ring (bicyclic) bond motifs is 1. The van der Waals surface area contributed by atoms with Crippen molar-refractivity contribution in [1.29, 1.82) is 0 Å². The number of methoxy groups -OCH3 is 1. The van der Waals surface area contributed by atoms with Gasteiger partial charge >= 0.3 is 0 Å². The summed E-state index contributed by atoms with van der Waals surface area (Å²) in [6.07, 6.45) is 6.28. The van der Waals surface area contributed by atoms with E-state index in [9.17, 15) is 0 Å². The van der Waals surface area contributed by atoms with Crippen molar-refractivity contribution < 1.29 is 4.74 Å². The largest absolute Gasteiger partial charge is 0.379 e. The van der Waals surface area contributed by atoms with Gasteiger partial charge in [0.05, 0.1) is 12.1 Å². The van der Waals surface area contributed by atoms with Crippen LogP contribution < -0.4 is 11.3 Å². The predicted octanol–water partition coefficient (Wildman–Crippen LogP) is 2.16. The lowest BCUT2D eigenvalue weighted by Gasteiger charge is -2.26. The van der Waals surface area contributed by atoms with Crippen molar-refractivity contribution in [2.45, 2.75) is 25.0 Å². The molecule has 0 amide bonds. The van der Waals surface area contributed by atoms with Crippen LogP contribution in [0.5, 0.6) is 0 Å². The molecule has 19 heavy (non-hydrogen) atoms. The van der Waals surface area contributed by atoms with Crippen molar-refractivity contribution in [3.8, 4) is 0 Å². The first-order chi connectivity index (χ1) is 9.35. The number of aromatic nitrogens is 1. The Bertz CT molecular complexity index is 563. The van der Waals surface area contributed by atoms with Gasteiger partial charge in [-0.1, -0.05) is 18.2 Å². The Morgan fingerprint density at radius 2 is 2.21 bits per heavy atom. The van der Waals surface area contributed by atoms with Crippen molar-refractivity contribution in [2.75, 3.05) is 7.11 Å². The molecule has 0 spiro atoms. The Morgan fingerprint density at radius 1 is 1.37 bits per heavy atom. The molecule has 0 radical (unpaired) electrons. The van der Waals surface area contributed by atoms with Gasteiger partial charge in [0.1, 0.15) is 0 Å². The summed E-state index contributed by atoms with van der Waals surface area (Å²) >= 11 is 0. The van der Waals surface area contributed by atoms with E-state index in [-0.39, 0.29) is 12.1 Å². The molecule has 0 saturated heterocycles. The zero-order chi connectivity index (χ0) is 13.2. The molecule has 0 bridgehead atoms. The van der Waals surface area contributed by atoms with Crippen molar-refractivity contribution in [3.05, 3.63) is 42.2 Å². The number of hydrazine groups is 1. The van der Waals surface area contributed by atoms with Gasteiger partial charge < -0.3 is 4.74 Å². The van der Waals surface area contributed by atoms with Gasteiger partial charge in [-0.3, -0.25) is 16.3 Å². The normalized spacial score (nSPS) is 18.4. The molecule has 1 aliphatic carbocycles. The standard InChI is InChI=1S/C15H19N3O/c1-19-15(10-5-6-10)14(18-16)13-4-2-3-11-9-17-8-7-12(11)13/h2-4,7-10,14-15,18H,5-6,16H2,1H3. The summed E-state index contributed by atoms with van der Waals surface area (Å²) in [4.78, 5) is 4.17. The highest BCUT2D eigenvalue weighted by Crippen LogP contribution is 2.40. The van der Waals surface area contributed by atoms with Gasteiger partial charge in [-0.2, -0.15) is 0 Å². The predicted molar refractivity (Wildman–Crippen MR) is 75.3 cm³/mol. The Balaban J connectivity index is 2.05. The number of nitrogens with two attached hydrogens (primary N) is 1. The smallest absolute Gasteiger partial charge is 0.0807 e.